The number of rotatable bonds is 10. The molecule has 7 nitrogen and oxygen atoms in total. The molecule has 3 aromatic rings. The molecule has 10 heteroatoms. The Hall–Kier alpha value is -3.05. The van der Waals surface area contributed by atoms with Crippen molar-refractivity contribution in [1.82, 2.24) is 14.8 Å². The van der Waals surface area contributed by atoms with Crippen LogP contribution >= 0.6 is 35.3 Å². The summed E-state index contributed by atoms with van der Waals surface area (Å²) in [6.45, 7) is 3.11. The number of ether oxygens (including phenoxy) is 1. The lowest BCUT2D eigenvalue weighted by Crippen LogP contribution is -2.29. The Morgan fingerprint density at radius 3 is 2.72 bits per heavy atom. The van der Waals surface area contributed by atoms with Crippen LogP contribution < -0.4 is 10.1 Å². The fourth-order valence-electron chi connectivity index (χ4n) is 5.76. The van der Waals surface area contributed by atoms with Crippen molar-refractivity contribution in [3.05, 3.63) is 81.2 Å². The number of nitrogens with one attached hydrogen (secondary N) is 1. The second-order valence-corrected chi connectivity index (χ2v) is 14.0. The van der Waals surface area contributed by atoms with Crippen LogP contribution in [-0.4, -0.2) is 50.1 Å². The van der Waals surface area contributed by atoms with Gasteiger partial charge in [-0.2, -0.15) is 0 Å². The zero-order valence-corrected chi connectivity index (χ0v) is 26.6. The first-order chi connectivity index (χ1) is 21.0. The molecule has 2 aliphatic heterocycles. The zero-order valence-electron chi connectivity index (χ0n) is 24.1. The van der Waals surface area contributed by atoms with Crippen LogP contribution in [0.2, 0.25) is 0 Å². The molecule has 2 aromatic carbocycles. The highest BCUT2D eigenvalue weighted by atomic mass is 32.2. The predicted octanol–water partition coefficient (Wildman–Crippen LogP) is 7.03. The highest BCUT2D eigenvalue weighted by Gasteiger charge is 2.32. The Balaban J connectivity index is 0.990. The van der Waals surface area contributed by atoms with Crippen LogP contribution in [0.1, 0.15) is 66.6 Å². The lowest BCUT2D eigenvalue weighted by atomic mass is 9.97. The molecule has 1 saturated carbocycles. The summed E-state index contributed by atoms with van der Waals surface area (Å²) in [7, 11) is 0. The van der Waals surface area contributed by atoms with Gasteiger partial charge in [-0.05, 0) is 49.8 Å². The van der Waals surface area contributed by atoms with Crippen molar-refractivity contribution in [1.29, 1.82) is 0 Å². The SMILES string of the molecule is O=C(CCCN1C(=O)/C(=C/c2ccccc2OC2CCCCC2)SC1=S)Nc1nc2c(s1)CN(Cc1ccccc1)CC2. The zero-order chi connectivity index (χ0) is 29.6. The normalized spacial score (nSPS) is 18.7. The monoisotopic (exact) mass is 632 g/mol. The lowest BCUT2D eigenvalue weighted by Gasteiger charge is -2.25. The Bertz CT molecular complexity index is 1500. The van der Waals surface area contributed by atoms with Crippen LogP contribution in [0.5, 0.6) is 5.75 Å². The molecule has 224 valence electrons. The van der Waals surface area contributed by atoms with E-state index in [0.717, 1.165) is 55.9 Å². The topological polar surface area (TPSA) is 74.8 Å². The van der Waals surface area contributed by atoms with Crippen LogP contribution in [0, 0.1) is 0 Å². The van der Waals surface area contributed by atoms with E-state index in [4.69, 9.17) is 17.0 Å². The van der Waals surface area contributed by atoms with Gasteiger partial charge in [0.15, 0.2) is 5.13 Å². The van der Waals surface area contributed by atoms with E-state index in [1.807, 2.05) is 36.4 Å². The van der Waals surface area contributed by atoms with E-state index in [0.29, 0.717) is 33.7 Å². The number of amides is 2. The highest BCUT2D eigenvalue weighted by Crippen LogP contribution is 2.35. The summed E-state index contributed by atoms with van der Waals surface area (Å²) in [6, 6.07) is 18.4. The summed E-state index contributed by atoms with van der Waals surface area (Å²) in [5.74, 6) is 0.599. The van der Waals surface area contributed by atoms with E-state index < -0.39 is 0 Å². The number of aromatic nitrogens is 1. The van der Waals surface area contributed by atoms with Crippen LogP contribution in [0.25, 0.3) is 6.08 Å². The number of thiocarbonyl (C=S) groups is 1. The maximum absolute atomic E-state index is 13.2. The molecule has 1 saturated heterocycles. The number of benzene rings is 2. The second kappa shape index (κ2) is 14.2. The van der Waals surface area contributed by atoms with E-state index in [1.165, 1.54) is 41.5 Å². The fourth-order valence-corrected chi connectivity index (χ4v) is 8.13. The Morgan fingerprint density at radius 2 is 1.88 bits per heavy atom. The van der Waals surface area contributed by atoms with Crippen LogP contribution in [0.15, 0.2) is 59.5 Å². The number of hydrogen-bond donors (Lipinski definition) is 1. The Labute approximate surface area is 266 Å². The van der Waals surface area contributed by atoms with Crippen LogP contribution in [0.3, 0.4) is 0 Å². The van der Waals surface area contributed by atoms with Gasteiger partial charge in [0, 0.05) is 49.5 Å². The van der Waals surface area contributed by atoms with E-state index in [-0.39, 0.29) is 17.9 Å². The van der Waals surface area contributed by atoms with Gasteiger partial charge in [0.05, 0.1) is 16.7 Å². The third-order valence-corrected chi connectivity index (χ3v) is 10.4. The van der Waals surface area contributed by atoms with E-state index in [2.05, 4.69) is 39.5 Å². The summed E-state index contributed by atoms with van der Waals surface area (Å²) in [4.78, 5) is 36.5. The molecule has 3 heterocycles. The van der Waals surface area contributed by atoms with Gasteiger partial charge in [-0.3, -0.25) is 19.4 Å². The molecule has 2 fully saturated rings. The van der Waals surface area contributed by atoms with Gasteiger partial charge < -0.3 is 10.1 Å². The van der Waals surface area contributed by atoms with E-state index in [9.17, 15) is 9.59 Å². The average molecular weight is 633 g/mol. The third-order valence-electron chi connectivity index (χ3n) is 8.02. The van der Waals surface area contributed by atoms with Crippen LogP contribution in [0.4, 0.5) is 5.13 Å². The number of carbonyl (C=O) groups is 2. The minimum atomic E-state index is -0.115. The number of hydrogen-bond acceptors (Lipinski definition) is 8. The number of thioether (sulfide) groups is 1. The minimum absolute atomic E-state index is 0.0954. The highest BCUT2D eigenvalue weighted by molar-refractivity contribution is 8.26. The molecule has 0 unspecified atom stereocenters. The Kier molecular flexibility index (Phi) is 9.88. The van der Waals surface area contributed by atoms with Gasteiger partial charge in [0.1, 0.15) is 10.1 Å². The molecule has 0 bridgehead atoms. The smallest absolute Gasteiger partial charge is 0.266 e. The molecule has 0 radical (unpaired) electrons. The first kappa shape index (κ1) is 30.0. The first-order valence-electron chi connectivity index (χ1n) is 15.1. The molecule has 43 heavy (non-hydrogen) atoms. The van der Waals surface area contributed by atoms with Gasteiger partial charge in [0.2, 0.25) is 5.91 Å². The number of anilines is 1. The number of fused-ring (bicyclic) bond motifs is 1. The molecule has 6 rings (SSSR count). The van der Waals surface area contributed by atoms with Gasteiger partial charge >= 0.3 is 0 Å². The summed E-state index contributed by atoms with van der Waals surface area (Å²) >= 11 is 8.41. The Morgan fingerprint density at radius 1 is 1.09 bits per heavy atom. The number of carbonyl (C=O) groups excluding carboxylic acids is 2. The summed E-state index contributed by atoms with van der Waals surface area (Å²) in [5.41, 5.74) is 3.27. The fraction of sp³-hybridized carbons (Fsp3) is 0.394. The average Bonchev–Trinajstić information content (AvgIpc) is 3.53. The minimum Gasteiger partial charge on any atom is -0.490 e. The van der Waals surface area contributed by atoms with E-state index in [1.54, 1.807) is 16.2 Å². The lowest BCUT2D eigenvalue weighted by molar-refractivity contribution is -0.122. The molecule has 1 N–H and O–H groups in total. The van der Waals surface area contributed by atoms with Crippen molar-refractivity contribution in [2.24, 2.45) is 0 Å². The third kappa shape index (κ3) is 7.73. The van der Waals surface area contributed by atoms with Crippen molar-refractivity contribution in [2.75, 3.05) is 18.4 Å². The van der Waals surface area contributed by atoms with Crippen molar-refractivity contribution in [3.63, 3.8) is 0 Å². The molecular weight excluding hydrogens is 597 g/mol. The van der Waals surface area contributed by atoms with Crippen molar-refractivity contribution >= 4 is 62.7 Å². The summed E-state index contributed by atoms with van der Waals surface area (Å²) in [5, 5.41) is 3.63. The largest absolute Gasteiger partial charge is 0.490 e. The number of thiazole rings is 1. The maximum atomic E-state index is 13.2. The molecule has 2 amide bonds. The molecule has 1 aromatic heterocycles. The molecule has 3 aliphatic rings. The standard InChI is InChI=1S/C33H36N4O3S3/c38-30(35-32-34-26-17-19-36(22-29(26)42-32)21-23-10-3-1-4-11-23)16-9-18-37-31(39)28(43-33(37)41)20-24-12-7-8-15-27(24)40-25-13-5-2-6-14-25/h1,3-4,7-8,10-12,15,20,25H,2,5-6,9,13-14,16-19,21-22H2,(H,34,35,38)/b28-20-. The van der Waals surface area contributed by atoms with Gasteiger partial charge in [-0.1, -0.05) is 78.9 Å². The maximum Gasteiger partial charge on any atom is 0.266 e. The summed E-state index contributed by atoms with van der Waals surface area (Å²) < 4.78 is 6.84. The van der Waals surface area contributed by atoms with Crippen molar-refractivity contribution in [2.45, 2.75) is 70.6 Å². The first-order valence-corrected chi connectivity index (χ1v) is 17.1. The van der Waals surface area contributed by atoms with Crippen molar-refractivity contribution < 1.29 is 14.3 Å². The molecule has 0 spiro atoms. The predicted molar refractivity (Wildman–Crippen MR) is 178 cm³/mol. The molecule has 1 aliphatic carbocycles. The van der Waals surface area contributed by atoms with Crippen molar-refractivity contribution in [3.8, 4) is 5.75 Å². The van der Waals surface area contributed by atoms with Gasteiger partial charge in [0.25, 0.3) is 5.91 Å². The summed E-state index contributed by atoms with van der Waals surface area (Å²) in [6.07, 6.45) is 9.61. The molecular formula is C33H36N4O3S3. The quantitative estimate of drug-likeness (QED) is 0.190. The number of para-hydroxylation sites is 1. The van der Waals surface area contributed by atoms with E-state index >= 15 is 0 Å². The second-order valence-electron chi connectivity index (χ2n) is 11.2. The van der Waals surface area contributed by atoms with Crippen LogP contribution in [-0.2, 0) is 29.1 Å². The molecule has 0 atom stereocenters. The van der Waals surface area contributed by atoms with Gasteiger partial charge in [-0.15, -0.1) is 11.3 Å². The van der Waals surface area contributed by atoms with Gasteiger partial charge in [-0.25, -0.2) is 4.98 Å². The number of nitrogens with zero attached hydrogens (tertiary/aromatic N) is 3.